The Hall–Kier alpha value is -1.83. The first kappa shape index (κ1) is 38.2. The average Bonchev–Trinajstić information content (AvgIpc) is 2.95. The molecular formula is C38H66O2. The zero-order valence-corrected chi connectivity index (χ0v) is 26.5. The molecule has 0 saturated carbocycles. The molecule has 0 heterocycles. The lowest BCUT2D eigenvalue weighted by atomic mass is 10.0. The van der Waals surface area contributed by atoms with Crippen LogP contribution >= 0.6 is 0 Å². The Bertz CT molecular complexity index is 652. The van der Waals surface area contributed by atoms with Crippen LogP contribution in [0.25, 0.3) is 0 Å². The lowest BCUT2D eigenvalue weighted by molar-refractivity contribution is -0.137. The third kappa shape index (κ3) is 36.2. The van der Waals surface area contributed by atoms with Crippen LogP contribution in [-0.4, -0.2) is 11.1 Å². The Morgan fingerprint density at radius 2 is 0.675 bits per heavy atom. The van der Waals surface area contributed by atoms with Crippen molar-refractivity contribution in [2.75, 3.05) is 0 Å². The van der Waals surface area contributed by atoms with E-state index in [2.05, 4.69) is 67.7 Å². The predicted molar refractivity (Wildman–Crippen MR) is 179 cm³/mol. The van der Waals surface area contributed by atoms with Crippen LogP contribution in [-0.2, 0) is 4.79 Å². The van der Waals surface area contributed by atoms with Crippen LogP contribution in [0.4, 0.5) is 0 Å². The average molecular weight is 555 g/mol. The number of carboxylic acids is 1. The number of unbranched alkanes of at least 4 members (excludes halogenated alkanes) is 19. The number of carbonyl (C=O) groups is 1. The summed E-state index contributed by atoms with van der Waals surface area (Å²) in [6.45, 7) is 2.17. The first-order valence-corrected chi connectivity index (χ1v) is 17.2. The van der Waals surface area contributed by atoms with Crippen molar-refractivity contribution in [1.82, 2.24) is 0 Å². The zero-order valence-electron chi connectivity index (χ0n) is 26.5. The van der Waals surface area contributed by atoms with Gasteiger partial charge < -0.3 is 5.11 Å². The summed E-state index contributed by atoms with van der Waals surface area (Å²) in [5.74, 6) is -0.653. The molecule has 230 valence electrons. The summed E-state index contributed by atoms with van der Waals surface area (Å²) in [5, 5.41) is 8.63. The van der Waals surface area contributed by atoms with Gasteiger partial charge in [0, 0.05) is 6.42 Å². The minimum Gasteiger partial charge on any atom is -0.481 e. The molecule has 0 atom stereocenters. The zero-order chi connectivity index (χ0) is 29.0. The van der Waals surface area contributed by atoms with Crippen LogP contribution in [0.3, 0.4) is 0 Å². The molecule has 0 aromatic rings. The first-order chi connectivity index (χ1) is 19.8. The van der Waals surface area contributed by atoms with Gasteiger partial charge in [-0.2, -0.15) is 0 Å². The van der Waals surface area contributed by atoms with Crippen molar-refractivity contribution in [3.8, 4) is 0 Å². The van der Waals surface area contributed by atoms with E-state index in [-0.39, 0.29) is 0 Å². The Labute approximate surface area is 250 Å². The minimum absolute atomic E-state index is 0.340. The number of rotatable bonds is 31. The molecule has 2 nitrogen and oxygen atoms in total. The number of hydrogen-bond acceptors (Lipinski definition) is 1. The van der Waals surface area contributed by atoms with Crippen LogP contribution in [0, 0.1) is 0 Å². The van der Waals surface area contributed by atoms with Crippen LogP contribution in [0.15, 0.2) is 60.8 Å². The van der Waals surface area contributed by atoms with Gasteiger partial charge in [-0.25, -0.2) is 0 Å². The highest BCUT2D eigenvalue weighted by Gasteiger charge is 1.97. The van der Waals surface area contributed by atoms with E-state index < -0.39 is 5.97 Å². The maximum Gasteiger partial charge on any atom is 0.303 e. The van der Waals surface area contributed by atoms with Crippen LogP contribution < -0.4 is 0 Å². The Balaban J connectivity index is 3.22. The van der Waals surface area contributed by atoms with E-state index in [1.807, 2.05) is 0 Å². The monoisotopic (exact) mass is 555 g/mol. The van der Waals surface area contributed by atoms with E-state index in [1.165, 1.54) is 116 Å². The van der Waals surface area contributed by atoms with Crippen molar-refractivity contribution in [3.05, 3.63) is 60.8 Å². The summed E-state index contributed by atoms with van der Waals surface area (Å²) in [7, 11) is 0. The van der Waals surface area contributed by atoms with Crippen LogP contribution in [0.1, 0.15) is 174 Å². The fourth-order valence-electron chi connectivity index (χ4n) is 4.91. The van der Waals surface area contributed by atoms with E-state index in [1.54, 1.807) is 0 Å². The Morgan fingerprint density at radius 1 is 0.400 bits per heavy atom. The second-order valence-electron chi connectivity index (χ2n) is 11.4. The van der Waals surface area contributed by atoms with Gasteiger partial charge in [-0.05, 0) is 51.4 Å². The molecule has 0 saturated heterocycles. The molecule has 0 rings (SSSR count). The quantitative estimate of drug-likeness (QED) is 0.0683. The molecule has 0 aromatic heterocycles. The van der Waals surface area contributed by atoms with Crippen molar-refractivity contribution in [2.24, 2.45) is 0 Å². The van der Waals surface area contributed by atoms with Crippen molar-refractivity contribution in [1.29, 1.82) is 0 Å². The van der Waals surface area contributed by atoms with Gasteiger partial charge in [0.15, 0.2) is 0 Å². The van der Waals surface area contributed by atoms with Crippen molar-refractivity contribution in [3.63, 3.8) is 0 Å². The van der Waals surface area contributed by atoms with Gasteiger partial charge in [0.2, 0.25) is 0 Å². The predicted octanol–water partition coefficient (Wildman–Crippen LogP) is 13.0. The number of carboxylic acid groups (broad SMARTS) is 1. The minimum atomic E-state index is -0.653. The van der Waals surface area contributed by atoms with Gasteiger partial charge >= 0.3 is 5.97 Å². The van der Waals surface area contributed by atoms with Gasteiger partial charge in [0.25, 0.3) is 0 Å². The van der Waals surface area contributed by atoms with E-state index >= 15 is 0 Å². The SMILES string of the molecule is CC/C=C\C/C=C\C/C=C\C/C=C\C/C=C\CCCCCCCCCCCCCCCCCCCCCC(=O)O. The summed E-state index contributed by atoms with van der Waals surface area (Å²) in [4.78, 5) is 10.5. The van der Waals surface area contributed by atoms with Crippen molar-refractivity contribution in [2.45, 2.75) is 174 Å². The lowest BCUT2D eigenvalue weighted by Gasteiger charge is -2.04. The van der Waals surface area contributed by atoms with Gasteiger partial charge in [-0.1, -0.05) is 177 Å². The normalized spacial score (nSPS) is 12.4. The van der Waals surface area contributed by atoms with Gasteiger partial charge in [0.05, 0.1) is 0 Å². The standard InChI is InChI=1S/C38H66O2/c1-2-3-4-5-6-7-8-9-10-11-12-13-14-15-16-17-18-19-20-21-22-23-24-25-26-27-28-29-30-31-32-33-34-35-36-37-38(39)40/h3-4,6-7,9-10,12-13,15-16H,2,5,8,11,14,17-37H2,1H3,(H,39,40)/b4-3-,7-6-,10-9-,13-12-,16-15-. The summed E-state index contributed by atoms with van der Waals surface area (Å²) < 4.78 is 0. The molecule has 2 heteroatoms. The summed E-state index contributed by atoms with van der Waals surface area (Å²) in [5.41, 5.74) is 0. The maximum atomic E-state index is 10.5. The Morgan fingerprint density at radius 3 is 1.00 bits per heavy atom. The molecule has 0 aliphatic carbocycles. The molecule has 0 aromatic carbocycles. The largest absolute Gasteiger partial charge is 0.481 e. The summed E-state index contributed by atoms with van der Waals surface area (Å²) in [6, 6.07) is 0. The summed E-state index contributed by atoms with van der Waals surface area (Å²) >= 11 is 0. The highest BCUT2D eigenvalue weighted by atomic mass is 16.4. The maximum absolute atomic E-state index is 10.5. The van der Waals surface area contributed by atoms with Crippen LogP contribution in [0.2, 0.25) is 0 Å². The highest BCUT2D eigenvalue weighted by Crippen LogP contribution is 2.15. The molecule has 0 bridgehead atoms. The van der Waals surface area contributed by atoms with E-state index in [9.17, 15) is 4.79 Å². The van der Waals surface area contributed by atoms with E-state index in [0.717, 1.165) is 44.9 Å². The molecule has 0 spiro atoms. The Kier molecular flexibility index (Phi) is 33.6. The van der Waals surface area contributed by atoms with Gasteiger partial charge in [-0.15, -0.1) is 0 Å². The first-order valence-electron chi connectivity index (χ1n) is 17.2. The number of hydrogen-bond donors (Lipinski definition) is 1. The van der Waals surface area contributed by atoms with Crippen LogP contribution in [0.5, 0.6) is 0 Å². The molecule has 0 unspecified atom stereocenters. The molecule has 40 heavy (non-hydrogen) atoms. The fourth-order valence-corrected chi connectivity index (χ4v) is 4.91. The molecule has 0 radical (unpaired) electrons. The van der Waals surface area contributed by atoms with Gasteiger partial charge in [-0.3, -0.25) is 4.79 Å². The topological polar surface area (TPSA) is 37.3 Å². The van der Waals surface area contributed by atoms with E-state index in [4.69, 9.17) is 5.11 Å². The molecule has 0 aliphatic heterocycles. The molecule has 1 N–H and O–H groups in total. The van der Waals surface area contributed by atoms with Crippen molar-refractivity contribution >= 4 is 5.97 Å². The number of aliphatic carboxylic acids is 1. The number of allylic oxidation sites excluding steroid dienone is 10. The van der Waals surface area contributed by atoms with E-state index in [0.29, 0.717) is 6.42 Å². The third-order valence-corrected chi connectivity index (χ3v) is 7.42. The molecule has 0 amide bonds. The lowest BCUT2D eigenvalue weighted by Crippen LogP contribution is -1.93. The third-order valence-electron chi connectivity index (χ3n) is 7.42. The molecule has 0 aliphatic rings. The second-order valence-corrected chi connectivity index (χ2v) is 11.4. The van der Waals surface area contributed by atoms with Gasteiger partial charge in [0.1, 0.15) is 0 Å². The molecule has 0 fully saturated rings. The second kappa shape index (κ2) is 35.2. The smallest absolute Gasteiger partial charge is 0.303 e. The van der Waals surface area contributed by atoms with Crippen molar-refractivity contribution < 1.29 is 9.90 Å². The fraction of sp³-hybridized carbons (Fsp3) is 0.711. The highest BCUT2D eigenvalue weighted by molar-refractivity contribution is 5.66. The summed E-state index contributed by atoms with van der Waals surface area (Å²) in [6.07, 6.45) is 55.0. The molecular weight excluding hydrogens is 488 g/mol.